The van der Waals surface area contributed by atoms with Gasteiger partial charge in [-0.05, 0) is 31.0 Å². The van der Waals surface area contributed by atoms with Crippen molar-refractivity contribution in [2.45, 2.75) is 32.4 Å². The minimum atomic E-state index is -0.443. The van der Waals surface area contributed by atoms with Gasteiger partial charge in [-0.1, -0.05) is 30.7 Å². The molecule has 17 heavy (non-hydrogen) atoms. The largest absolute Gasteiger partial charge is 0.348 e. The number of halogens is 2. The Kier molecular flexibility index (Phi) is 7.19. The molecule has 0 radical (unpaired) electrons. The van der Waals surface area contributed by atoms with E-state index in [9.17, 15) is 4.79 Å². The molecule has 0 heterocycles. The average molecular weight is 277 g/mol. The van der Waals surface area contributed by atoms with Crippen molar-refractivity contribution < 1.29 is 4.79 Å². The van der Waals surface area contributed by atoms with Crippen molar-refractivity contribution >= 4 is 29.9 Å². The highest BCUT2D eigenvalue weighted by Crippen LogP contribution is 2.17. The fourth-order valence-electron chi connectivity index (χ4n) is 1.37. The Labute approximate surface area is 113 Å². The maximum atomic E-state index is 11.6. The van der Waals surface area contributed by atoms with Gasteiger partial charge in [0.15, 0.2) is 0 Å². The van der Waals surface area contributed by atoms with E-state index in [4.69, 9.17) is 17.3 Å². The second-order valence-corrected chi connectivity index (χ2v) is 4.24. The molecule has 3 nitrogen and oxygen atoms in total. The van der Waals surface area contributed by atoms with Crippen LogP contribution in [-0.4, -0.2) is 11.9 Å². The van der Waals surface area contributed by atoms with Crippen molar-refractivity contribution in [2.75, 3.05) is 0 Å². The van der Waals surface area contributed by atoms with Gasteiger partial charge in [-0.15, -0.1) is 12.4 Å². The predicted octanol–water partition coefficient (Wildman–Crippen LogP) is 2.68. The Morgan fingerprint density at radius 1 is 1.53 bits per heavy atom. The van der Waals surface area contributed by atoms with E-state index < -0.39 is 6.04 Å². The van der Waals surface area contributed by atoms with Gasteiger partial charge in [-0.3, -0.25) is 4.79 Å². The second-order valence-electron chi connectivity index (χ2n) is 3.80. The number of nitrogens with one attached hydrogen (secondary N) is 1. The van der Waals surface area contributed by atoms with Crippen LogP contribution in [0.2, 0.25) is 5.02 Å². The molecule has 3 N–H and O–H groups in total. The molecule has 1 aromatic carbocycles. The standard InChI is InChI=1S/C12H17ClN2O.ClH/c1-3-11(14)12(16)15-8(2)9-5-4-6-10(13)7-9;/h4-8,11H,3,14H2,1-2H3,(H,15,16);1H/t8?,11-;/m0./s1. The summed E-state index contributed by atoms with van der Waals surface area (Å²) >= 11 is 5.88. The highest BCUT2D eigenvalue weighted by molar-refractivity contribution is 6.30. The number of amides is 1. The SMILES string of the molecule is CC[C@H](N)C(=O)NC(C)c1cccc(Cl)c1.Cl. The maximum Gasteiger partial charge on any atom is 0.237 e. The first-order valence-corrected chi connectivity index (χ1v) is 5.73. The Balaban J connectivity index is 0.00000256. The Hall–Kier alpha value is -0.770. The van der Waals surface area contributed by atoms with Gasteiger partial charge in [0.2, 0.25) is 5.91 Å². The van der Waals surface area contributed by atoms with E-state index in [1.165, 1.54) is 0 Å². The van der Waals surface area contributed by atoms with Crippen molar-refractivity contribution in [1.29, 1.82) is 0 Å². The molecular formula is C12H18Cl2N2O. The number of benzene rings is 1. The molecule has 5 heteroatoms. The van der Waals surface area contributed by atoms with E-state index >= 15 is 0 Å². The fourth-order valence-corrected chi connectivity index (χ4v) is 1.56. The summed E-state index contributed by atoms with van der Waals surface area (Å²) in [5.41, 5.74) is 6.61. The third kappa shape index (κ3) is 4.94. The predicted molar refractivity (Wildman–Crippen MR) is 73.5 cm³/mol. The molecule has 96 valence electrons. The first-order valence-electron chi connectivity index (χ1n) is 5.36. The normalized spacial score (nSPS) is 13.4. The van der Waals surface area contributed by atoms with E-state index in [2.05, 4.69) is 5.32 Å². The number of hydrogen-bond donors (Lipinski definition) is 2. The zero-order valence-corrected chi connectivity index (χ0v) is 11.5. The smallest absolute Gasteiger partial charge is 0.237 e. The van der Waals surface area contributed by atoms with Crippen LogP contribution < -0.4 is 11.1 Å². The first-order chi connectivity index (χ1) is 7.54. The lowest BCUT2D eigenvalue weighted by Crippen LogP contribution is -2.41. The van der Waals surface area contributed by atoms with Crippen molar-refractivity contribution in [1.82, 2.24) is 5.32 Å². The van der Waals surface area contributed by atoms with Gasteiger partial charge in [0, 0.05) is 5.02 Å². The molecular weight excluding hydrogens is 259 g/mol. The lowest BCUT2D eigenvalue weighted by atomic mass is 10.1. The molecule has 1 unspecified atom stereocenters. The Bertz CT molecular complexity index is 371. The van der Waals surface area contributed by atoms with Crippen LogP contribution in [0.3, 0.4) is 0 Å². The third-order valence-corrected chi connectivity index (χ3v) is 2.72. The molecule has 0 aromatic heterocycles. The average Bonchev–Trinajstić information content (AvgIpc) is 2.27. The summed E-state index contributed by atoms with van der Waals surface area (Å²) in [6, 6.07) is 6.90. The number of carbonyl (C=O) groups is 1. The summed E-state index contributed by atoms with van der Waals surface area (Å²) in [5, 5.41) is 3.52. The van der Waals surface area contributed by atoms with Gasteiger partial charge in [-0.2, -0.15) is 0 Å². The molecule has 0 bridgehead atoms. The van der Waals surface area contributed by atoms with Crippen molar-refractivity contribution in [2.24, 2.45) is 5.73 Å². The summed E-state index contributed by atoms with van der Waals surface area (Å²) in [5.74, 6) is -0.130. The summed E-state index contributed by atoms with van der Waals surface area (Å²) in [6.07, 6.45) is 0.633. The molecule has 1 aromatic rings. The van der Waals surface area contributed by atoms with E-state index in [-0.39, 0.29) is 24.4 Å². The molecule has 1 amide bonds. The first kappa shape index (κ1) is 16.2. The summed E-state index contributed by atoms with van der Waals surface area (Å²) in [6.45, 7) is 3.79. The number of nitrogens with two attached hydrogens (primary N) is 1. The van der Waals surface area contributed by atoms with Gasteiger partial charge >= 0.3 is 0 Å². The highest BCUT2D eigenvalue weighted by Gasteiger charge is 2.14. The van der Waals surface area contributed by atoms with Crippen LogP contribution in [0.15, 0.2) is 24.3 Å². The van der Waals surface area contributed by atoms with Crippen molar-refractivity contribution in [3.8, 4) is 0 Å². The molecule has 1 rings (SSSR count). The van der Waals surface area contributed by atoms with Crippen molar-refractivity contribution in [3.05, 3.63) is 34.9 Å². The van der Waals surface area contributed by atoms with Gasteiger partial charge in [0.1, 0.15) is 0 Å². The van der Waals surface area contributed by atoms with Crippen LogP contribution in [0.1, 0.15) is 31.9 Å². The van der Waals surface area contributed by atoms with E-state index in [1.54, 1.807) is 6.07 Å². The van der Waals surface area contributed by atoms with Crippen LogP contribution in [0.5, 0.6) is 0 Å². The maximum absolute atomic E-state index is 11.6. The summed E-state index contributed by atoms with van der Waals surface area (Å²) in [4.78, 5) is 11.6. The monoisotopic (exact) mass is 276 g/mol. The Morgan fingerprint density at radius 3 is 2.71 bits per heavy atom. The minimum absolute atomic E-state index is 0. The van der Waals surface area contributed by atoms with E-state index in [0.29, 0.717) is 11.4 Å². The number of rotatable bonds is 4. The molecule has 0 saturated heterocycles. The lowest BCUT2D eigenvalue weighted by Gasteiger charge is -2.17. The van der Waals surface area contributed by atoms with Gasteiger partial charge in [0.05, 0.1) is 12.1 Å². The van der Waals surface area contributed by atoms with Gasteiger partial charge < -0.3 is 11.1 Å². The Morgan fingerprint density at radius 2 is 2.18 bits per heavy atom. The molecule has 0 aliphatic rings. The number of carbonyl (C=O) groups excluding carboxylic acids is 1. The van der Waals surface area contributed by atoms with Gasteiger partial charge in [0.25, 0.3) is 0 Å². The molecule has 0 saturated carbocycles. The molecule has 0 aliphatic heterocycles. The number of hydrogen-bond acceptors (Lipinski definition) is 2. The fraction of sp³-hybridized carbons (Fsp3) is 0.417. The van der Waals surface area contributed by atoms with Crippen LogP contribution in [0.4, 0.5) is 0 Å². The minimum Gasteiger partial charge on any atom is -0.348 e. The van der Waals surface area contributed by atoms with Crippen LogP contribution in [-0.2, 0) is 4.79 Å². The quantitative estimate of drug-likeness (QED) is 0.889. The lowest BCUT2D eigenvalue weighted by molar-refractivity contribution is -0.123. The topological polar surface area (TPSA) is 55.1 Å². The van der Waals surface area contributed by atoms with E-state index in [1.807, 2.05) is 32.0 Å². The third-order valence-electron chi connectivity index (χ3n) is 2.48. The summed E-state index contributed by atoms with van der Waals surface area (Å²) < 4.78 is 0. The zero-order valence-electron chi connectivity index (χ0n) is 9.94. The van der Waals surface area contributed by atoms with Crippen LogP contribution >= 0.6 is 24.0 Å². The second kappa shape index (κ2) is 7.54. The molecule has 0 spiro atoms. The molecule has 0 aliphatic carbocycles. The molecule has 2 atom stereocenters. The molecule has 0 fully saturated rings. The van der Waals surface area contributed by atoms with Crippen molar-refractivity contribution in [3.63, 3.8) is 0 Å². The van der Waals surface area contributed by atoms with Gasteiger partial charge in [-0.25, -0.2) is 0 Å². The highest BCUT2D eigenvalue weighted by atomic mass is 35.5. The zero-order chi connectivity index (χ0) is 12.1. The van der Waals surface area contributed by atoms with Crippen LogP contribution in [0.25, 0.3) is 0 Å². The van der Waals surface area contributed by atoms with E-state index in [0.717, 1.165) is 5.56 Å². The summed E-state index contributed by atoms with van der Waals surface area (Å²) in [7, 11) is 0. The van der Waals surface area contributed by atoms with Crippen LogP contribution in [0, 0.1) is 0 Å².